The Bertz CT molecular complexity index is 358. The van der Waals surface area contributed by atoms with E-state index in [0.717, 1.165) is 11.1 Å². The van der Waals surface area contributed by atoms with E-state index in [9.17, 15) is 5.11 Å². The van der Waals surface area contributed by atoms with E-state index < -0.39 is 5.60 Å². The van der Waals surface area contributed by atoms with Crippen LogP contribution >= 0.6 is 0 Å². The van der Waals surface area contributed by atoms with E-state index in [1.165, 1.54) is 0 Å². The standard InChI is InChI=1S/C17H24O/c1-6-11-15(12-7-2)17(18,10-5)16(13-8-3)14-9-4/h6-9,11-14,18H,1,3,10H2,2,4-5H3/b12-7-,14-9-,15-11+,16-13+. The van der Waals surface area contributed by atoms with Crippen LogP contribution in [-0.4, -0.2) is 10.7 Å². The van der Waals surface area contributed by atoms with E-state index in [4.69, 9.17) is 0 Å². The first-order valence-electron chi connectivity index (χ1n) is 6.24. The Morgan fingerprint density at radius 2 is 1.39 bits per heavy atom. The van der Waals surface area contributed by atoms with Crippen molar-refractivity contribution < 1.29 is 5.11 Å². The predicted molar refractivity (Wildman–Crippen MR) is 81.4 cm³/mol. The molecule has 0 fully saturated rings. The van der Waals surface area contributed by atoms with Gasteiger partial charge in [-0.1, -0.05) is 68.7 Å². The fourth-order valence-electron chi connectivity index (χ4n) is 1.85. The van der Waals surface area contributed by atoms with Crippen molar-refractivity contribution in [3.8, 4) is 0 Å². The molecule has 0 aliphatic carbocycles. The summed E-state index contributed by atoms with van der Waals surface area (Å²) >= 11 is 0. The topological polar surface area (TPSA) is 20.2 Å². The van der Waals surface area contributed by atoms with Gasteiger partial charge < -0.3 is 5.11 Å². The molecule has 0 aliphatic heterocycles. The van der Waals surface area contributed by atoms with Gasteiger partial charge >= 0.3 is 0 Å². The van der Waals surface area contributed by atoms with Crippen molar-refractivity contribution in [3.05, 3.63) is 72.9 Å². The summed E-state index contributed by atoms with van der Waals surface area (Å²) in [5.74, 6) is 0. The highest BCUT2D eigenvalue weighted by Crippen LogP contribution is 2.31. The molecule has 0 saturated carbocycles. The van der Waals surface area contributed by atoms with Gasteiger partial charge in [0.05, 0.1) is 0 Å². The van der Waals surface area contributed by atoms with Crippen molar-refractivity contribution in [2.24, 2.45) is 0 Å². The zero-order chi connectivity index (χ0) is 14.0. The third-order valence-corrected chi connectivity index (χ3v) is 2.75. The van der Waals surface area contributed by atoms with Crippen LogP contribution in [0.15, 0.2) is 72.9 Å². The summed E-state index contributed by atoms with van der Waals surface area (Å²) in [6.45, 7) is 13.2. The minimum absolute atomic E-state index is 0.584. The molecule has 0 aromatic heterocycles. The normalized spacial score (nSPS) is 17.1. The van der Waals surface area contributed by atoms with Crippen molar-refractivity contribution in [1.82, 2.24) is 0 Å². The molecule has 0 amide bonds. The van der Waals surface area contributed by atoms with Gasteiger partial charge in [0, 0.05) is 0 Å². The van der Waals surface area contributed by atoms with E-state index >= 15 is 0 Å². The summed E-state index contributed by atoms with van der Waals surface area (Å²) < 4.78 is 0. The Balaban J connectivity index is 5.83. The summed E-state index contributed by atoms with van der Waals surface area (Å²) in [6, 6.07) is 0. The van der Waals surface area contributed by atoms with Crippen LogP contribution in [-0.2, 0) is 0 Å². The molecule has 0 aliphatic rings. The van der Waals surface area contributed by atoms with Crippen molar-refractivity contribution in [2.75, 3.05) is 0 Å². The van der Waals surface area contributed by atoms with Crippen molar-refractivity contribution >= 4 is 0 Å². The Kier molecular flexibility index (Phi) is 7.73. The first-order chi connectivity index (χ1) is 8.60. The minimum atomic E-state index is -1.01. The second kappa shape index (κ2) is 8.48. The molecule has 0 spiro atoms. The summed E-state index contributed by atoms with van der Waals surface area (Å²) in [4.78, 5) is 0. The Morgan fingerprint density at radius 3 is 1.61 bits per heavy atom. The van der Waals surface area contributed by atoms with Gasteiger partial charge in [-0.2, -0.15) is 0 Å². The molecule has 0 atom stereocenters. The van der Waals surface area contributed by atoms with Gasteiger partial charge in [0.25, 0.3) is 0 Å². The van der Waals surface area contributed by atoms with Gasteiger partial charge in [0.2, 0.25) is 0 Å². The Labute approximate surface area is 111 Å². The smallest absolute Gasteiger partial charge is 0.114 e. The molecule has 0 saturated heterocycles. The fraction of sp³-hybridized carbons (Fsp3) is 0.294. The average molecular weight is 244 g/mol. The van der Waals surface area contributed by atoms with Gasteiger partial charge in [-0.05, 0) is 31.4 Å². The van der Waals surface area contributed by atoms with Crippen molar-refractivity contribution in [1.29, 1.82) is 0 Å². The van der Waals surface area contributed by atoms with E-state index in [2.05, 4.69) is 13.2 Å². The van der Waals surface area contributed by atoms with Crippen molar-refractivity contribution in [2.45, 2.75) is 32.8 Å². The molecule has 0 aromatic carbocycles. The highest BCUT2D eigenvalue weighted by atomic mass is 16.3. The summed E-state index contributed by atoms with van der Waals surface area (Å²) in [5.41, 5.74) is 0.643. The number of allylic oxidation sites excluding steroid dienone is 6. The number of hydrogen-bond acceptors (Lipinski definition) is 1. The highest BCUT2D eigenvalue weighted by molar-refractivity contribution is 5.46. The average Bonchev–Trinajstić information content (AvgIpc) is 2.37. The van der Waals surface area contributed by atoms with Gasteiger partial charge in [-0.25, -0.2) is 0 Å². The molecule has 0 radical (unpaired) electrons. The van der Waals surface area contributed by atoms with E-state index in [-0.39, 0.29) is 0 Å². The minimum Gasteiger partial charge on any atom is -0.380 e. The summed E-state index contributed by atoms with van der Waals surface area (Å²) in [6.07, 6.45) is 15.3. The molecular formula is C17H24O. The maximum Gasteiger partial charge on any atom is 0.114 e. The molecule has 1 heteroatoms. The quantitative estimate of drug-likeness (QED) is 0.653. The van der Waals surface area contributed by atoms with E-state index in [1.807, 2.05) is 57.2 Å². The lowest BCUT2D eigenvalue weighted by Crippen LogP contribution is -2.31. The SMILES string of the molecule is C=C/C=C(\C=C/C)C(O)(CC)C(/C=C\C)=C/C=C. The molecule has 0 aromatic rings. The van der Waals surface area contributed by atoms with Crippen LogP contribution in [0.3, 0.4) is 0 Å². The van der Waals surface area contributed by atoms with Crippen LogP contribution in [0.5, 0.6) is 0 Å². The molecule has 0 rings (SSSR count). The third-order valence-electron chi connectivity index (χ3n) is 2.75. The molecular weight excluding hydrogens is 220 g/mol. The Hall–Kier alpha value is -1.60. The van der Waals surface area contributed by atoms with Crippen LogP contribution in [0, 0.1) is 0 Å². The summed E-state index contributed by atoms with van der Waals surface area (Å²) in [5, 5.41) is 10.9. The van der Waals surface area contributed by atoms with Crippen LogP contribution in [0.2, 0.25) is 0 Å². The Morgan fingerprint density at radius 1 is 1.00 bits per heavy atom. The third kappa shape index (κ3) is 4.01. The van der Waals surface area contributed by atoms with Crippen LogP contribution in [0.4, 0.5) is 0 Å². The van der Waals surface area contributed by atoms with Crippen LogP contribution < -0.4 is 0 Å². The number of rotatable bonds is 7. The van der Waals surface area contributed by atoms with Gasteiger partial charge in [0.1, 0.15) is 5.60 Å². The van der Waals surface area contributed by atoms with E-state index in [1.54, 1.807) is 12.2 Å². The molecule has 18 heavy (non-hydrogen) atoms. The number of hydrogen-bond donors (Lipinski definition) is 1. The fourth-order valence-corrected chi connectivity index (χ4v) is 1.85. The lowest BCUT2D eigenvalue weighted by molar-refractivity contribution is 0.120. The van der Waals surface area contributed by atoms with Crippen molar-refractivity contribution in [3.63, 3.8) is 0 Å². The highest BCUT2D eigenvalue weighted by Gasteiger charge is 2.30. The maximum absolute atomic E-state index is 10.9. The molecule has 1 N–H and O–H groups in total. The molecule has 0 unspecified atom stereocenters. The molecule has 1 nitrogen and oxygen atoms in total. The monoisotopic (exact) mass is 244 g/mol. The molecule has 0 heterocycles. The largest absolute Gasteiger partial charge is 0.380 e. The molecule has 0 bridgehead atoms. The van der Waals surface area contributed by atoms with Crippen LogP contribution in [0.25, 0.3) is 0 Å². The van der Waals surface area contributed by atoms with E-state index in [0.29, 0.717) is 6.42 Å². The van der Waals surface area contributed by atoms with Gasteiger partial charge in [-0.3, -0.25) is 0 Å². The van der Waals surface area contributed by atoms with Crippen LogP contribution in [0.1, 0.15) is 27.2 Å². The molecule has 98 valence electrons. The lowest BCUT2D eigenvalue weighted by atomic mass is 9.82. The zero-order valence-corrected chi connectivity index (χ0v) is 11.7. The second-order valence-corrected chi connectivity index (χ2v) is 3.93. The maximum atomic E-state index is 10.9. The first kappa shape index (κ1) is 16.4. The number of aliphatic hydroxyl groups is 1. The summed E-state index contributed by atoms with van der Waals surface area (Å²) in [7, 11) is 0. The zero-order valence-electron chi connectivity index (χ0n) is 11.7. The first-order valence-corrected chi connectivity index (χ1v) is 6.24. The van der Waals surface area contributed by atoms with Gasteiger partial charge in [0.15, 0.2) is 0 Å². The lowest BCUT2D eigenvalue weighted by Gasteiger charge is -2.30. The van der Waals surface area contributed by atoms with Gasteiger partial charge in [-0.15, -0.1) is 0 Å². The predicted octanol–water partition coefficient (Wildman–Crippen LogP) is 4.50. The second-order valence-electron chi connectivity index (χ2n) is 3.93.